The molecule has 1 fully saturated rings. The lowest BCUT2D eigenvalue weighted by atomic mass is 9.82. The Morgan fingerprint density at radius 1 is 1.10 bits per heavy atom. The number of hydrogen-bond acceptors (Lipinski definition) is 3. The molecule has 3 rings (SSSR count). The largest absolute Gasteiger partial charge is 0.481 e. The van der Waals surface area contributed by atoms with E-state index in [2.05, 4.69) is 5.32 Å². The molecule has 1 aromatic rings. The van der Waals surface area contributed by atoms with E-state index in [1.165, 1.54) is 24.3 Å². The van der Waals surface area contributed by atoms with Crippen LogP contribution in [0.4, 0.5) is 10.1 Å². The topological polar surface area (TPSA) is 75.6 Å². The highest BCUT2D eigenvalue weighted by atomic mass is 19.1. The van der Waals surface area contributed by atoms with Crippen LogP contribution < -0.4 is 5.32 Å². The van der Waals surface area contributed by atoms with Crippen molar-refractivity contribution in [2.24, 2.45) is 11.8 Å². The van der Waals surface area contributed by atoms with E-state index in [1.807, 2.05) is 0 Å². The predicted molar refractivity (Wildman–Crippen MR) is 67.4 cm³/mol. The highest BCUT2D eigenvalue weighted by molar-refractivity contribution is 5.96. The van der Waals surface area contributed by atoms with Gasteiger partial charge in [-0.3, -0.25) is 9.59 Å². The van der Waals surface area contributed by atoms with Gasteiger partial charge in [0.05, 0.1) is 18.1 Å². The van der Waals surface area contributed by atoms with E-state index >= 15 is 0 Å². The van der Waals surface area contributed by atoms with Gasteiger partial charge in [-0.15, -0.1) is 0 Å². The van der Waals surface area contributed by atoms with Crippen LogP contribution in [0.2, 0.25) is 0 Å². The van der Waals surface area contributed by atoms with Gasteiger partial charge in [0.2, 0.25) is 5.91 Å². The Bertz CT molecular complexity index is 583. The van der Waals surface area contributed by atoms with Gasteiger partial charge >= 0.3 is 5.97 Å². The Balaban J connectivity index is 1.78. The molecule has 5 nitrogen and oxygen atoms in total. The maximum Gasteiger partial charge on any atom is 0.310 e. The second-order valence-electron chi connectivity index (χ2n) is 4.84. The Morgan fingerprint density at radius 3 is 2.30 bits per heavy atom. The molecule has 6 heteroatoms. The standard InChI is InChI=1S/C14H12FNO4/c15-7-1-3-8(4-2-7)16-13(17)11-9-5-6-10(20-9)12(11)14(18)19/h1-6,9-12H,(H,16,17)(H,18,19)/t9-,10-,11-,12-/m0/s1. The molecular weight excluding hydrogens is 265 g/mol. The summed E-state index contributed by atoms with van der Waals surface area (Å²) in [5, 5.41) is 11.8. The third-order valence-electron chi connectivity index (χ3n) is 3.60. The van der Waals surface area contributed by atoms with Crippen molar-refractivity contribution >= 4 is 17.6 Å². The number of carbonyl (C=O) groups excluding carboxylic acids is 1. The molecular formula is C14H12FNO4. The summed E-state index contributed by atoms with van der Waals surface area (Å²) in [5.41, 5.74) is 0.423. The Labute approximate surface area is 114 Å². The number of hydrogen-bond donors (Lipinski definition) is 2. The van der Waals surface area contributed by atoms with Gasteiger partial charge in [-0.25, -0.2) is 4.39 Å². The summed E-state index contributed by atoms with van der Waals surface area (Å²) in [7, 11) is 0. The van der Waals surface area contributed by atoms with Gasteiger partial charge in [0, 0.05) is 5.69 Å². The highest BCUT2D eigenvalue weighted by Crippen LogP contribution is 2.39. The van der Waals surface area contributed by atoms with Gasteiger partial charge in [-0.2, -0.15) is 0 Å². The summed E-state index contributed by atoms with van der Waals surface area (Å²) in [4.78, 5) is 23.5. The van der Waals surface area contributed by atoms with E-state index in [0.717, 1.165) is 0 Å². The number of aliphatic carboxylic acids is 1. The van der Waals surface area contributed by atoms with Gasteiger partial charge < -0.3 is 15.2 Å². The van der Waals surface area contributed by atoms with Crippen LogP contribution in [0.5, 0.6) is 0 Å². The van der Waals surface area contributed by atoms with E-state index in [9.17, 15) is 19.1 Å². The van der Waals surface area contributed by atoms with Crippen LogP contribution in [-0.2, 0) is 14.3 Å². The van der Waals surface area contributed by atoms with E-state index in [-0.39, 0.29) is 0 Å². The summed E-state index contributed by atoms with van der Waals surface area (Å²) < 4.78 is 18.2. The summed E-state index contributed by atoms with van der Waals surface area (Å²) in [6, 6.07) is 5.29. The molecule has 0 saturated carbocycles. The number of benzene rings is 1. The van der Waals surface area contributed by atoms with Gasteiger partial charge in [0.1, 0.15) is 11.7 Å². The summed E-state index contributed by atoms with van der Waals surface area (Å²) in [5.74, 6) is -3.54. The van der Waals surface area contributed by atoms with Crippen LogP contribution in [0.15, 0.2) is 36.4 Å². The van der Waals surface area contributed by atoms with E-state index in [0.29, 0.717) is 5.69 Å². The van der Waals surface area contributed by atoms with E-state index in [4.69, 9.17) is 4.74 Å². The molecule has 104 valence electrons. The first-order chi connectivity index (χ1) is 9.56. The van der Waals surface area contributed by atoms with Crippen LogP contribution in [0, 0.1) is 17.7 Å². The first-order valence-electron chi connectivity index (χ1n) is 6.19. The zero-order chi connectivity index (χ0) is 14.3. The van der Waals surface area contributed by atoms with Crippen molar-refractivity contribution in [1.29, 1.82) is 0 Å². The fourth-order valence-electron chi connectivity index (χ4n) is 2.67. The van der Waals surface area contributed by atoms with Crippen molar-refractivity contribution in [2.45, 2.75) is 12.2 Å². The Morgan fingerprint density at radius 2 is 1.70 bits per heavy atom. The average Bonchev–Trinajstić information content (AvgIpc) is 3.01. The lowest BCUT2D eigenvalue weighted by Crippen LogP contribution is -2.39. The van der Waals surface area contributed by atoms with Crippen molar-refractivity contribution in [2.75, 3.05) is 5.32 Å². The second kappa shape index (κ2) is 4.72. The molecule has 2 bridgehead atoms. The molecule has 2 aliphatic rings. The first-order valence-corrected chi connectivity index (χ1v) is 6.19. The molecule has 0 unspecified atom stereocenters. The molecule has 1 amide bonds. The van der Waals surface area contributed by atoms with Crippen molar-refractivity contribution in [3.63, 3.8) is 0 Å². The number of anilines is 1. The zero-order valence-corrected chi connectivity index (χ0v) is 10.3. The number of amides is 1. The zero-order valence-electron chi connectivity index (χ0n) is 10.3. The molecule has 0 aliphatic carbocycles. The van der Waals surface area contributed by atoms with Crippen LogP contribution in [0.3, 0.4) is 0 Å². The normalized spacial score (nSPS) is 30.4. The number of halogens is 1. The molecule has 2 aliphatic heterocycles. The third kappa shape index (κ3) is 2.08. The Hall–Kier alpha value is -2.21. The average molecular weight is 277 g/mol. The maximum atomic E-state index is 12.8. The van der Waals surface area contributed by atoms with Crippen molar-refractivity contribution < 1.29 is 23.8 Å². The predicted octanol–water partition coefficient (Wildman–Crippen LogP) is 1.42. The smallest absolute Gasteiger partial charge is 0.310 e. The summed E-state index contributed by atoms with van der Waals surface area (Å²) in [6.07, 6.45) is 2.31. The van der Waals surface area contributed by atoms with Crippen molar-refractivity contribution in [1.82, 2.24) is 0 Å². The number of carboxylic acids is 1. The molecule has 0 aromatic heterocycles. The number of fused-ring (bicyclic) bond motifs is 2. The van der Waals surface area contributed by atoms with Crippen LogP contribution in [0.25, 0.3) is 0 Å². The van der Waals surface area contributed by atoms with Crippen LogP contribution in [-0.4, -0.2) is 29.2 Å². The van der Waals surface area contributed by atoms with Gasteiger partial charge in [0.25, 0.3) is 0 Å². The number of carbonyl (C=O) groups is 2. The van der Waals surface area contributed by atoms with E-state index < -0.39 is 41.7 Å². The Kier molecular flexibility index (Phi) is 3.02. The molecule has 20 heavy (non-hydrogen) atoms. The SMILES string of the molecule is O=C(O)[C@@H]1[C@@H](C(=O)Nc2ccc(F)cc2)[C@@H]2C=C[C@@H]1O2. The number of nitrogens with one attached hydrogen (secondary N) is 1. The van der Waals surface area contributed by atoms with Crippen molar-refractivity contribution in [3.8, 4) is 0 Å². The quantitative estimate of drug-likeness (QED) is 0.819. The molecule has 0 radical (unpaired) electrons. The summed E-state index contributed by atoms with van der Waals surface area (Å²) >= 11 is 0. The van der Waals surface area contributed by atoms with Gasteiger partial charge in [-0.1, -0.05) is 12.2 Å². The molecule has 2 heterocycles. The highest BCUT2D eigenvalue weighted by Gasteiger charge is 2.53. The van der Waals surface area contributed by atoms with E-state index in [1.54, 1.807) is 12.2 Å². The number of carboxylic acid groups (broad SMARTS) is 1. The minimum Gasteiger partial charge on any atom is -0.481 e. The molecule has 4 atom stereocenters. The third-order valence-corrected chi connectivity index (χ3v) is 3.60. The fourth-order valence-corrected chi connectivity index (χ4v) is 2.67. The lowest BCUT2D eigenvalue weighted by Gasteiger charge is -2.20. The number of rotatable bonds is 3. The first kappa shape index (κ1) is 12.8. The summed E-state index contributed by atoms with van der Waals surface area (Å²) in [6.45, 7) is 0. The monoisotopic (exact) mass is 277 g/mol. The minimum absolute atomic E-state index is 0.405. The molecule has 2 N–H and O–H groups in total. The maximum absolute atomic E-state index is 12.8. The number of ether oxygens (including phenoxy) is 1. The van der Waals surface area contributed by atoms with Gasteiger partial charge in [0.15, 0.2) is 0 Å². The lowest BCUT2D eigenvalue weighted by molar-refractivity contribution is -0.145. The minimum atomic E-state index is -1.05. The van der Waals surface area contributed by atoms with Crippen LogP contribution in [0.1, 0.15) is 0 Å². The van der Waals surface area contributed by atoms with Crippen molar-refractivity contribution in [3.05, 3.63) is 42.2 Å². The molecule has 1 aromatic carbocycles. The molecule has 1 saturated heterocycles. The molecule has 0 spiro atoms. The van der Waals surface area contributed by atoms with Gasteiger partial charge in [-0.05, 0) is 24.3 Å². The second-order valence-corrected chi connectivity index (χ2v) is 4.84. The fraction of sp³-hybridized carbons (Fsp3) is 0.286. The van der Waals surface area contributed by atoms with Crippen LogP contribution >= 0.6 is 0 Å².